The number of carbonyl (C=O) groups is 2. The minimum absolute atomic E-state index is 0.127. The first-order valence-electron chi connectivity index (χ1n) is 7.63. The Hall–Kier alpha value is -3.75. The highest BCUT2D eigenvalue weighted by atomic mass is 16.7. The van der Waals surface area contributed by atoms with Gasteiger partial charge in [-0.25, -0.2) is 5.43 Å². The number of fused-ring (bicyclic) bond motifs is 2. The molecule has 2 aliphatic heterocycles. The molecule has 2 aromatic rings. The lowest BCUT2D eigenvalue weighted by atomic mass is 10.2. The van der Waals surface area contributed by atoms with Crippen molar-refractivity contribution in [2.75, 3.05) is 18.9 Å². The number of ether oxygens (including phenoxy) is 4. The fraction of sp³-hybridized carbons (Fsp3) is 0.118. The first kappa shape index (κ1) is 15.8. The van der Waals surface area contributed by atoms with Gasteiger partial charge in [0.1, 0.15) is 0 Å². The smallest absolute Gasteiger partial charge is 0.329 e. The Morgan fingerprint density at radius 2 is 1.50 bits per heavy atom. The normalized spacial score (nSPS) is 13.7. The van der Waals surface area contributed by atoms with E-state index < -0.39 is 11.8 Å². The zero-order chi connectivity index (χ0) is 17.9. The largest absolute Gasteiger partial charge is 0.454 e. The topological polar surface area (TPSA) is 107 Å². The summed E-state index contributed by atoms with van der Waals surface area (Å²) in [5.41, 5.74) is 3.26. The van der Waals surface area contributed by atoms with Crippen LogP contribution in [0.25, 0.3) is 0 Å². The summed E-state index contributed by atoms with van der Waals surface area (Å²) in [6, 6.07) is 10.0. The minimum atomic E-state index is -0.903. The molecule has 0 fully saturated rings. The molecule has 2 heterocycles. The van der Waals surface area contributed by atoms with Crippen LogP contribution in [-0.4, -0.2) is 31.6 Å². The summed E-state index contributed by atoms with van der Waals surface area (Å²) < 4.78 is 20.8. The van der Waals surface area contributed by atoms with Crippen LogP contribution in [0.15, 0.2) is 41.5 Å². The molecule has 2 aromatic carbocycles. The second-order valence-electron chi connectivity index (χ2n) is 5.33. The third-order valence-corrected chi connectivity index (χ3v) is 3.61. The number of hydrogen-bond donors (Lipinski definition) is 2. The molecule has 0 aliphatic carbocycles. The third kappa shape index (κ3) is 3.22. The molecule has 0 atom stereocenters. The van der Waals surface area contributed by atoms with E-state index in [9.17, 15) is 9.59 Å². The van der Waals surface area contributed by atoms with E-state index in [0.717, 1.165) is 0 Å². The number of amides is 2. The monoisotopic (exact) mass is 355 g/mol. The van der Waals surface area contributed by atoms with Crippen molar-refractivity contribution in [2.45, 2.75) is 0 Å². The summed E-state index contributed by atoms with van der Waals surface area (Å²) in [6.45, 7) is 0.300. The molecule has 9 nitrogen and oxygen atoms in total. The number of rotatable bonds is 3. The van der Waals surface area contributed by atoms with E-state index >= 15 is 0 Å². The zero-order valence-corrected chi connectivity index (χ0v) is 13.4. The average Bonchev–Trinajstić information content (AvgIpc) is 3.29. The van der Waals surface area contributed by atoms with Crippen molar-refractivity contribution < 1.29 is 28.5 Å². The van der Waals surface area contributed by atoms with E-state index in [1.165, 1.54) is 6.21 Å². The molecule has 0 spiro atoms. The summed E-state index contributed by atoms with van der Waals surface area (Å²) >= 11 is 0. The van der Waals surface area contributed by atoms with Crippen LogP contribution < -0.4 is 29.7 Å². The molecule has 2 amide bonds. The third-order valence-electron chi connectivity index (χ3n) is 3.61. The van der Waals surface area contributed by atoms with Crippen molar-refractivity contribution in [2.24, 2.45) is 5.10 Å². The number of nitrogens with one attached hydrogen (secondary N) is 2. The quantitative estimate of drug-likeness (QED) is 0.487. The van der Waals surface area contributed by atoms with Crippen LogP contribution >= 0.6 is 0 Å². The molecule has 4 rings (SSSR count). The van der Waals surface area contributed by atoms with Crippen molar-refractivity contribution in [3.8, 4) is 23.0 Å². The molecule has 0 bridgehead atoms. The van der Waals surface area contributed by atoms with E-state index in [4.69, 9.17) is 18.9 Å². The van der Waals surface area contributed by atoms with Gasteiger partial charge in [0.15, 0.2) is 23.0 Å². The second kappa shape index (κ2) is 6.63. The van der Waals surface area contributed by atoms with Crippen molar-refractivity contribution in [1.29, 1.82) is 0 Å². The lowest BCUT2D eigenvalue weighted by molar-refractivity contribution is -0.136. The Kier molecular flexibility index (Phi) is 4.02. The van der Waals surface area contributed by atoms with E-state index in [-0.39, 0.29) is 13.6 Å². The van der Waals surface area contributed by atoms with Gasteiger partial charge in [0.05, 0.1) is 6.21 Å². The van der Waals surface area contributed by atoms with Crippen LogP contribution in [0.2, 0.25) is 0 Å². The predicted molar refractivity (Wildman–Crippen MR) is 89.5 cm³/mol. The second-order valence-corrected chi connectivity index (χ2v) is 5.33. The Balaban J connectivity index is 1.33. The molecule has 0 saturated heterocycles. The Bertz CT molecular complexity index is 911. The number of hydrogen-bond acceptors (Lipinski definition) is 7. The molecule has 2 N–H and O–H groups in total. The van der Waals surface area contributed by atoms with Gasteiger partial charge in [0, 0.05) is 11.8 Å². The molecule has 2 aliphatic rings. The highest BCUT2D eigenvalue weighted by molar-refractivity contribution is 6.39. The van der Waals surface area contributed by atoms with Crippen LogP contribution in [-0.2, 0) is 9.59 Å². The number of carbonyl (C=O) groups excluding carboxylic acids is 2. The number of anilines is 1. The molecule has 0 aromatic heterocycles. The SMILES string of the molecule is O=C(N/N=C\c1ccc2c(c1)OCO2)C(=O)Nc1ccc2c(c1)OCO2. The van der Waals surface area contributed by atoms with Gasteiger partial charge in [-0.15, -0.1) is 0 Å². The van der Waals surface area contributed by atoms with Crippen molar-refractivity contribution in [1.82, 2.24) is 5.43 Å². The highest BCUT2D eigenvalue weighted by Gasteiger charge is 2.17. The number of nitrogens with zero attached hydrogens (tertiary/aromatic N) is 1. The van der Waals surface area contributed by atoms with Crippen LogP contribution in [0.3, 0.4) is 0 Å². The zero-order valence-electron chi connectivity index (χ0n) is 13.4. The van der Waals surface area contributed by atoms with Crippen LogP contribution in [0.4, 0.5) is 5.69 Å². The molecular weight excluding hydrogens is 342 g/mol. The fourth-order valence-electron chi connectivity index (χ4n) is 2.37. The molecule has 26 heavy (non-hydrogen) atoms. The van der Waals surface area contributed by atoms with E-state index in [0.29, 0.717) is 34.2 Å². The van der Waals surface area contributed by atoms with Gasteiger partial charge >= 0.3 is 11.8 Å². The number of hydrazone groups is 1. The molecule has 0 radical (unpaired) electrons. The molecule has 0 saturated carbocycles. The van der Waals surface area contributed by atoms with Crippen LogP contribution in [0, 0.1) is 0 Å². The van der Waals surface area contributed by atoms with Gasteiger partial charge in [0.2, 0.25) is 13.6 Å². The summed E-state index contributed by atoms with van der Waals surface area (Å²) in [4.78, 5) is 23.7. The maximum atomic E-state index is 11.9. The van der Waals surface area contributed by atoms with Gasteiger partial charge in [-0.3, -0.25) is 9.59 Å². The molecular formula is C17H13N3O6. The van der Waals surface area contributed by atoms with Gasteiger partial charge in [0.25, 0.3) is 0 Å². The molecule has 0 unspecified atom stereocenters. The Labute approximate surface area is 147 Å². The van der Waals surface area contributed by atoms with Crippen molar-refractivity contribution in [3.63, 3.8) is 0 Å². The summed E-state index contributed by atoms with van der Waals surface area (Å²) in [5.74, 6) is 0.575. The van der Waals surface area contributed by atoms with Crippen LogP contribution in [0.5, 0.6) is 23.0 Å². The first-order chi connectivity index (χ1) is 12.7. The summed E-state index contributed by atoms with van der Waals surface area (Å²) in [6.07, 6.45) is 1.40. The van der Waals surface area contributed by atoms with Crippen LogP contribution in [0.1, 0.15) is 5.56 Å². The lowest BCUT2D eigenvalue weighted by Gasteiger charge is -2.05. The average molecular weight is 355 g/mol. The highest BCUT2D eigenvalue weighted by Crippen LogP contribution is 2.34. The number of benzene rings is 2. The standard InChI is InChI=1S/C17H13N3O6/c21-16(19-11-2-4-13-15(6-11)26-9-24-13)17(22)20-18-7-10-1-3-12-14(5-10)25-8-23-12/h1-7H,8-9H2,(H,19,21)(H,20,22)/b18-7-. The van der Waals surface area contributed by atoms with Gasteiger partial charge in [-0.1, -0.05) is 0 Å². The Morgan fingerprint density at radius 3 is 2.27 bits per heavy atom. The van der Waals surface area contributed by atoms with E-state index in [1.54, 1.807) is 36.4 Å². The van der Waals surface area contributed by atoms with Gasteiger partial charge in [-0.2, -0.15) is 5.10 Å². The summed E-state index contributed by atoms with van der Waals surface area (Å²) in [5, 5.41) is 6.22. The Morgan fingerprint density at radius 1 is 0.846 bits per heavy atom. The van der Waals surface area contributed by atoms with E-state index in [2.05, 4.69) is 15.8 Å². The fourth-order valence-corrected chi connectivity index (χ4v) is 2.37. The van der Waals surface area contributed by atoms with Gasteiger partial charge in [-0.05, 0) is 35.9 Å². The summed E-state index contributed by atoms with van der Waals surface area (Å²) in [7, 11) is 0. The minimum Gasteiger partial charge on any atom is -0.454 e. The lowest BCUT2D eigenvalue weighted by Crippen LogP contribution is -2.32. The van der Waals surface area contributed by atoms with Crippen molar-refractivity contribution >= 4 is 23.7 Å². The maximum absolute atomic E-state index is 11.9. The molecule has 9 heteroatoms. The predicted octanol–water partition coefficient (Wildman–Crippen LogP) is 1.23. The van der Waals surface area contributed by atoms with E-state index in [1.807, 2.05) is 0 Å². The van der Waals surface area contributed by atoms with Gasteiger partial charge < -0.3 is 24.3 Å². The van der Waals surface area contributed by atoms with Crippen molar-refractivity contribution in [3.05, 3.63) is 42.0 Å². The maximum Gasteiger partial charge on any atom is 0.329 e. The first-order valence-corrected chi connectivity index (χ1v) is 7.63. The molecule has 132 valence electrons.